The molecule has 27 heavy (non-hydrogen) atoms. The molecule has 1 N–H and O–H groups in total. The van der Waals surface area contributed by atoms with Crippen LogP contribution >= 0.6 is 11.3 Å². The van der Waals surface area contributed by atoms with Crippen LogP contribution in [0.1, 0.15) is 57.8 Å². The lowest BCUT2D eigenvalue weighted by atomic mass is 9.48. The molecule has 4 fully saturated rings. The number of nitrogens with one attached hydrogen (secondary N) is 1. The van der Waals surface area contributed by atoms with E-state index in [1.54, 1.807) is 11.3 Å². The smallest absolute Gasteiger partial charge is 0.227 e. The maximum absolute atomic E-state index is 12.6. The van der Waals surface area contributed by atoms with E-state index in [1.165, 1.54) is 38.5 Å². The predicted octanol–water partition coefficient (Wildman–Crippen LogP) is 4.45. The van der Waals surface area contributed by atoms with Gasteiger partial charge in [0.15, 0.2) is 0 Å². The number of hydrogen-bond acceptors (Lipinski definition) is 5. The highest BCUT2D eigenvalue weighted by atomic mass is 32.1. The molecule has 2 aromatic heterocycles. The molecule has 4 aliphatic rings. The zero-order chi connectivity index (χ0) is 18.4. The molecule has 0 aliphatic heterocycles. The molecule has 0 saturated heterocycles. The molecule has 0 unspecified atom stereocenters. The van der Waals surface area contributed by atoms with Crippen molar-refractivity contribution in [2.45, 2.75) is 64.3 Å². The largest absolute Gasteiger partial charge is 0.353 e. The molecule has 1 atom stereocenters. The number of thiophene rings is 1. The Labute approximate surface area is 163 Å². The van der Waals surface area contributed by atoms with E-state index in [0.29, 0.717) is 30.0 Å². The van der Waals surface area contributed by atoms with Crippen molar-refractivity contribution in [3.05, 3.63) is 22.7 Å². The number of aryl methyl sites for hydroxylation is 1. The SMILES string of the molecule is C[C@@H](NC(=O)CCc1nc(-c2ccsc2)no1)C12CC3CC(CC(C3)C1)C2. The Balaban J connectivity index is 1.17. The van der Waals surface area contributed by atoms with Crippen LogP contribution in [0.2, 0.25) is 0 Å². The summed E-state index contributed by atoms with van der Waals surface area (Å²) < 4.78 is 5.31. The number of rotatable bonds is 6. The van der Waals surface area contributed by atoms with E-state index < -0.39 is 0 Å². The van der Waals surface area contributed by atoms with Crippen LogP contribution in [0.3, 0.4) is 0 Å². The van der Waals surface area contributed by atoms with Crippen LogP contribution in [0, 0.1) is 23.2 Å². The minimum Gasteiger partial charge on any atom is -0.353 e. The van der Waals surface area contributed by atoms with E-state index in [2.05, 4.69) is 22.4 Å². The van der Waals surface area contributed by atoms with Crippen molar-refractivity contribution in [3.8, 4) is 11.4 Å². The van der Waals surface area contributed by atoms with E-state index in [-0.39, 0.29) is 11.9 Å². The first-order chi connectivity index (χ1) is 13.1. The van der Waals surface area contributed by atoms with Crippen LogP contribution in [-0.2, 0) is 11.2 Å². The average molecular weight is 386 g/mol. The maximum Gasteiger partial charge on any atom is 0.227 e. The Morgan fingerprint density at radius 3 is 2.63 bits per heavy atom. The van der Waals surface area contributed by atoms with Crippen molar-refractivity contribution in [1.29, 1.82) is 0 Å². The first-order valence-corrected chi connectivity index (χ1v) is 11.2. The quantitative estimate of drug-likeness (QED) is 0.797. The first kappa shape index (κ1) is 17.4. The number of amides is 1. The second-order valence-corrected chi connectivity index (χ2v) is 9.87. The van der Waals surface area contributed by atoms with Crippen LogP contribution in [0.25, 0.3) is 11.4 Å². The summed E-state index contributed by atoms with van der Waals surface area (Å²) in [6, 6.07) is 2.24. The molecule has 2 heterocycles. The zero-order valence-corrected chi connectivity index (χ0v) is 16.6. The van der Waals surface area contributed by atoms with Crippen LogP contribution < -0.4 is 5.32 Å². The van der Waals surface area contributed by atoms with Gasteiger partial charge in [-0.2, -0.15) is 16.3 Å². The highest BCUT2D eigenvalue weighted by Crippen LogP contribution is 2.61. The number of hydrogen-bond donors (Lipinski definition) is 1. The van der Waals surface area contributed by atoms with Gasteiger partial charge in [-0.25, -0.2) is 0 Å². The summed E-state index contributed by atoms with van der Waals surface area (Å²) in [5.41, 5.74) is 1.32. The van der Waals surface area contributed by atoms with Gasteiger partial charge < -0.3 is 9.84 Å². The summed E-state index contributed by atoms with van der Waals surface area (Å²) in [7, 11) is 0. The standard InChI is InChI=1S/C21H27N3O2S/c1-13(21-9-14-6-15(10-21)8-16(7-14)11-21)22-18(25)2-3-19-23-20(24-26-19)17-4-5-27-12-17/h4-5,12-16H,2-3,6-11H2,1H3,(H,22,25)/t13-,14?,15?,16?,21?/m1/s1. The molecule has 0 aromatic carbocycles. The Hall–Kier alpha value is -1.69. The number of carbonyl (C=O) groups is 1. The maximum atomic E-state index is 12.6. The van der Waals surface area contributed by atoms with Crippen LogP contribution in [0.15, 0.2) is 21.3 Å². The molecule has 1 amide bonds. The van der Waals surface area contributed by atoms with Gasteiger partial charge in [0.2, 0.25) is 17.6 Å². The topological polar surface area (TPSA) is 68.0 Å². The number of aromatic nitrogens is 2. The zero-order valence-electron chi connectivity index (χ0n) is 15.8. The van der Waals surface area contributed by atoms with Gasteiger partial charge in [-0.3, -0.25) is 4.79 Å². The van der Waals surface area contributed by atoms with Crippen molar-refractivity contribution in [2.24, 2.45) is 23.2 Å². The second-order valence-electron chi connectivity index (χ2n) is 9.09. The van der Waals surface area contributed by atoms with E-state index in [1.807, 2.05) is 16.8 Å². The van der Waals surface area contributed by atoms with Gasteiger partial charge in [0.25, 0.3) is 0 Å². The summed E-state index contributed by atoms with van der Waals surface area (Å²) >= 11 is 1.61. The van der Waals surface area contributed by atoms with E-state index in [0.717, 1.165) is 23.3 Å². The molecule has 144 valence electrons. The molecular weight excluding hydrogens is 358 g/mol. The molecule has 4 saturated carbocycles. The minimum absolute atomic E-state index is 0.105. The average Bonchev–Trinajstić information content (AvgIpc) is 3.30. The summed E-state index contributed by atoms with van der Waals surface area (Å²) in [4.78, 5) is 17.0. The lowest BCUT2D eigenvalue weighted by Crippen LogP contribution is -2.55. The Morgan fingerprint density at radius 1 is 1.30 bits per heavy atom. The van der Waals surface area contributed by atoms with Gasteiger partial charge in [0.05, 0.1) is 0 Å². The van der Waals surface area contributed by atoms with Gasteiger partial charge in [-0.15, -0.1) is 0 Å². The van der Waals surface area contributed by atoms with Gasteiger partial charge >= 0.3 is 0 Å². The monoisotopic (exact) mass is 385 g/mol. The lowest BCUT2D eigenvalue weighted by Gasteiger charge is -2.59. The molecule has 6 rings (SSSR count). The summed E-state index contributed by atoms with van der Waals surface area (Å²) in [6.07, 6.45) is 9.14. The summed E-state index contributed by atoms with van der Waals surface area (Å²) in [5, 5.41) is 11.3. The Bertz CT molecular complexity index is 778. The molecule has 4 bridgehead atoms. The molecule has 4 aliphatic carbocycles. The highest BCUT2D eigenvalue weighted by Gasteiger charge is 2.53. The van der Waals surface area contributed by atoms with Gasteiger partial charge in [0, 0.05) is 29.8 Å². The van der Waals surface area contributed by atoms with Crippen molar-refractivity contribution in [1.82, 2.24) is 15.5 Å². The molecule has 6 heteroatoms. The number of nitrogens with zero attached hydrogens (tertiary/aromatic N) is 2. The Morgan fingerprint density at radius 2 is 2.00 bits per heavy atom. The van der Waals surface area contributed by atoms with Crippen LogP contribution in [-0.4, -0.2) is 22.1 Å². The minimum atomic E-state index is 0.105. The van der Waals surface area contributed by atoms with Crippen molar-refractivity contribution >= 4 is 17.2 Å². The lowest BCUT2D eigenvalue weighted by molar-refractivity contribution is -0.125. The fourth-order valence-electron chi connectivity index (χ4n) is 6.26. The number of carbonyl (C=O) groups excluding carboxylic acids is 1. The van der Waals surface area contributed by atoms with Gasteiger partial charge in [-0.1, -0.05) is 5.16 Å². The fourth-order valence-corrected chi connectivity index (χ4v) is 6.89. The summed E-state index contributed by atoms with van der Waals surface area (Å²) in [5.74, 6) is 3.97. The molecule has 5 nitrogen and oxygen atoms in total. The van der Waals surface area contributed by atoms with Crippen molar-refractivity contribution in [3.63, 3.8) is 0 Å². The first-order valence-electron chi connectivity index (χ1n) is 10.2. The Kier molecular flexibility index (Phi) is 4.34. The normalized spacial score (nSPS) is 32.6. The van der Waals surface area contributed by atoms with E-state index in [4.69, 9.17) is 4.52 Å². The third kappa shape index (κ3) is 3.33. The fraction of sp³-hybridized carbons (Fsp3) is 0.667. The molecule has 0 radical (unpaired) electrons. The molecule has 2 aromatic rings. The summed E-state index contributed by atoms with van der Waals surface area (Å²) in [6.45, 7) is 2.23. The van der Waals surface area contributed by atoms with Gasteiger partial charge in [0.1, 0.15) is 0 Å². The molecular formula is C21H27N3O2S. The van der Waals surface area contributed by atoms with Crippen LogP contribution in [0.5, 0.6) is 0 Å². The second kappa shape index (κ2) is 6.73. The molecule has 0 spiro atoms. The van der Waals surface area contributed by atoms with Crippen molar-refractivity contribution < 1.29 is 9.32 Å². The van der Waals surface area contributed by atoms with E-state index in [9.17, 15) is 4.79 Å². The van der Waals surface area contributed by atoms with E-state index >= 15 is 0 Å². The van der Waals surface area contributed by atoms with Crippen LogP contribution in [0.4, 0.5) is 0 Å². The van der Waals surface area contributed by atoms with Gasteiger partial charge in [-0.05, 0) is 80.1 Å². The predicted molar refractivity (Wildman–Crippen MR) is 104 cm³/mol. The highest BCUT2D eigenvalue weighted by molar-refractivity contribution is 7.08. The third-order valence-corrected chi connectivity index (χ3v) is 7.88. The van der Waals surface area contributed by atoms with Crippen molar-refractivity contribution in [2.75, 3.05) is 0 Å². The third-order valence-electron chi connectivity index (χ3n) is 7.20.